The number of aromatic hydroxyl groups is 1. The van der Waals surface area contributed by atoms with Crippen LogP contribution in [0.25, 0.3) is 0 Å². The molecule has 0 amide bonds. The van der Waals surface area contributed by atoms with E-state index in [4.69, 9.17) is 5.73 Å². The van der Waals surface area contributed by atoms with Crippen molar-refractivity contribution in [2.45, 2.75) is 6.04 Å². The van der Waals surface area contributed by atoms with Crippen LogP contribution in [0.2, 0.25) is 0 Å². The Morgan fingerprint density at radius 2 is 2.22 bits per heavy atom. The van der Waals surface area contributed by atoms with E-state index in [1.165, 1.54) is 23.5 Å². The largest absolute Gasteiger partial charge is 0.506 e. The Morgan fingerprint density at radius 1 is 1.50 bits per heavy atom. The number of phenols is 1. The van der Waals surface area contributed by atoms with Gasteiger partial charge in [0.25, 0.3) is 5.69 Å². The Kier molecular flexibility index (Phi) is 3.65. The maximum atomic E-state index is 10.8. The zero-order valence-corrected chi connectivity index (χ0v) is 11.4. The third-order valence-electron chi connectivity index (χ3n) is 2.53. The van der Waals surface area contributed by atoms with Crippen LogP contribution in [0.4, 0.5) is 5.69 Å². The summed E-state index contributed by atoms with van der Waals surface area (Å²) >= 11 is 4.57. The molecule has 94 valence electrons. The lowest BCUT2D eigenvalue weighted by atomic mass is 10.0. The van der Waals surface area contributed by atoms with Gasteiger partial charge in [0.1, 0.15) is 5.75 Å². The van der Waals surface area contributed by atoms with E-state index in [1.54, 1.807) is 0 Å². The molecule has 18 heavy (non-hydrogen) atoms. The minimum atomic E-state index is -0.590. The third kappa shape index (κ3) is 2.38. The molecular formula is C11H9BrN2O3S. The molecule has 3 N–H and O–H groups in total. The Morgan fingerprint density at radius 3 is 2.78 bits per heavy atom. The lowest BCUT2D eigenvalue weighted by Crippen LogP contribution is -2.11. The molecule has 0 bridgehead atoms. The third-order valence-corrected chi connectivity index (χ3v) is 3.83. The predicted molar refractivity (Wildman–Crippen MR) is 72.8 cm³/mol. The van der Waals surface area contributed by atoms with Gasteiger partial charge in [-0.2, -0.15) is 11.3 Å². The molecule has 0 spiro atoms. The highest BCUT2D eigenvalue weighted by Crippen LogP contribution is 2.37. The van der Waals surface area contributed by atoms with Crippen LogP contribution in [0.5, 0.6) is 5.75 Å². The van der Waals surface area contributed by atoms with Crippen LogP contribution >= 0.6 is 27.3 Å². The summed E-state index contributed by atoms with van der Waals surface area (Å²) in [6.45, 7) is 0. The SMILES string of the molecule is N[C@H](c1ccsc1)c1cc([N+](=O)[O-])cc(Br)c1O. The summed E-state index contributed by atoms with van der Waals surface area (Å²) in [4.78, 5) is 10.3. The van der Waals surface area contributed by atoms with E-state index in [0.29, 0.717) is 5.56 Å². The summed E-state index contributed by atoms with van der Waals surface area (Å²) in [6.07, 6.45) is 0. The number of phenolic OH excluding ortho intramolecular Hbond substituents is 1. The summed E-state index contributed by atoms with van der Waals surface area (Å²) in [6, 6.07) is 3.77. The Labute approximate surface area is 115 Å². The second kappa shape index (κ2) is 5.05. The zero-order valence-electron chi connectivity index (χ0n) is 9.04. The van der Waals surface area contributed by atoms with Crippen molar-refractivity contribution in [1.82, 2.24) is 0 Å². The van der Waals surface area contributed by atoms with Crippen molar-refractivity contribution >= 4 is 33.0 Å². The van der Waals surface area contributed by atoms with Crippen molar-refractivity contribution in [1.29, 1.82) is 0 Å². The molecular weight excluding hydrogens is 320 g/mol. The number of nitrogens with two attached hydrogens (primary N) is 1. The van der Waals surface area contributed by atoms with Crippen molar-refractivity contribution in [3.8, 4) is 5.75 Å². The molecule has 1 aromatic heterocycles. The number of hydrogen-bond acceptors (Lipinski definition) is 5. The quantitative estimate of drug-likeness (QED) is 0.668. The summed E-state index contributed by atoms with van der Waals surface area (Å²) in [5.74, 6) is -0.0701. The summed E-state index contributed by atoms with van der Waals surface area (Å²) in [7, 11) is 0. The summed E-state index contributed by atoms with van der Waals surface area (Å²) in [5, 5.41) is 24.4. The first kappa shape index (κ1) is 13.0. The summed E-state index contributed by atoms with van der Waals surface area (Å²) in [5.41, 5.74) is 7.03. The lowest BCUT2D eigenvalue weighted by molar-refractivity contribution is -0.385. The number of nitro benzene ring substituents is 1. The Balaban J connectivity index is 2.53. The van der Waals surface area contributed by atoms with Gasteiger partial charge in [-0.15, -0.1) is 0 Å². The maximum Gasteiger partial charge on any atom is 0.271 e. The van der Waals surface area contributed by atoms with Gasteiger partial charge in [0.15, 0.2) is 0 Å². The van der Waals surface area contributed by atoms with Gasteiger partial charge in [-0.25, -0.2) is 0 Å². The van der Waals surface area contributed by atoms with Gasteiger partial charge >= 0.3 is 0 Å². The van der Waals surface area contributed by atoms with Gasteiger partial charge in [-0.1, -0.05) is 0 Å². The molecule has 0 aliphatic heterocycles. The molecule has 0 saturated heterocycles. The number of thiophene rings is 1. The monoisotopic (exact) mass is 328 g/mol. The molecule has 0 radical (unpaired) electrons. The Hall–Kier alpha value is -1.44. The number of nitrogens with zero attached hydrogens (tertiary/aromatic N) is 1. The van der Waals surface area contributed by atoms with Gasteiger partial charge in [0, 0.05) is 17.7 Å². The average molecular weight is 329 g/mol. The topological polar surface area (TPSA) is 89.4 Å². The number of hydrogen-bond donors (Lipinski definition) is 2. The van der Waals surface area contributed by atoms with E-state index in [0.717, 1.165) is 5.56 Å². The van der Waals surface area contributed by atoms with Crippen LogP contribution < -0.4 is 5.73 Å². The number of rotatable bonds is 3. The van der Waals surface area contributed by atoms with E-state index in [-0.39, 0.29) is 15.9 Å². The average Bonchev–Trinajstić information content (AvgIpc) is 2.85. The van der Waals surface area contributed by atoms with Gasteiger partial charge in [0.2, 0.25) is 0 Å². The molecule has 1 aromatic carbocycles. The molecule has 7 heteroatoms. The number of non-ortho nitro benzene ring substituents is 1. The second-order valence-corrected chi connectivity index (χ2v) is 5.29. The van der Waals surface area contributed by atoms with Crippen molar-refractivity contribution in [3.05, 3.63) is 54.7 Å². The van der Waals surface area contributed by atoms with Crippen molar-refractivity contribution < 1.29 is 10.0 Å². The van der Waals surface area contributed by atoms with E-state index >= 15 is 0 Å². The highest BCUT2D eigenvalue weighted by Gasteiger charge is 2.20. The highest BCUT2D eigenvalue weighted by molar-refractivity contribution is 9.10. The highest BCUT2D eigenvalue weighted by atomic mass is 79.9. The number of nitro groups is 1. The molecule has 5 nitrogen and oxygen atoms in total. The lowest BCUT2D eigenvalue weighted by Gasteiger charge is -2.13. The van der Waals surface area contributed by atoms with E-state index in [9.17, 15) is 15.2 Å². The van der Waals surface area contributed by atoms with Gasteiger partial charge in [0.05, 0.1) is 15.4 Å². The minimum Gasteiger partial charge on any atom is -0.506 e. The van der Waals surface area contributed by atoms with Crippen LogP contribution in [0.1, 0.15) is 17.2 Å². The molecule has 2 aromatic rings. The van der Waals surface area contributed by atoms with Crippen LogP contribution in [-0.4, -0.2) is 10.0 Å². The van der Waals surface area contributed by atoms with E-state index in [1.807, 2.05) is 16.8 Å². The smallest absolute Gasteiger partial charge is 0.271 e. The van der Waals surface area contributed by atoms with Crippen LogP contribution in [0.15, 0.2) is 33.4 Å². The molecule has 0 aliphatic carbocycles. The maximum absolute atomic E-state index is 10.8. The second-order valence-electron chi connectivity index (χ2n) is 3.66. The number of benzene rings is 1. The normalized spacial score (nSPS) is 12.3. The van der Waals surface area contributed by atoms with Crippen LogP contribution in [0, 0.1) is 10.1 Å². The first-order valence-electron chi connectivity index (χ1n) is 4.95. The molecule has 0 saturated carbocycles. The van der Waals surface area contributed by atoms with Crippen LogP contribution in [-0.2, 0) is 0 Å². The van der Waals surface area contributed by atoms with E-state index < -0.39 is 11.0 Å². The van der Waals surface area contributed by atoms with Gasteiger partial charge in [-0.05, 0) is 38.3 Å². The fourth-order valence-electron chi connectivity index (χ4n) is 1.58. The first-order valence-corrected chi connectivity index (χ1v) is 6.68. The van der Waals surface area contributed by atoms with Gasteiger partial charge < -0.3 is 10.8 Å². The van der Waals surface area contributed by atoms with Crippen molar-refractivity contribution in [2.75, 3.05) is 0 Å². The van der Waals surface area contributed by atoms with Crippen molar-refractivity contribution in [3.63, 3.8) is 0 Å². The minimum absolute atomic E-state index is 0.0701. The molecule has 1 atom stereocenters. The molecule has 0 unspecified atom stereocenters. The first-order chi connectivity index (χ1) is 8.50. The fourth-order valence-corrected chi connectivity index (χ4v) is 2.74. The molecule has 2 rings (SSSR count). The molecule has 0 fully saturated rings. The summed E-state index contributed by atoms with van der Waals surface area (Å²) < 4.78 is 0.261. The standard InChI is InChI=1S/C11H9BrN2O3S/c12-9-4-7(14(16)17)3-8(11(9)15)10(13)6-1-2-18-5-6/h1-5,10,15H,13H2/t10-/m1/s1. The Bertz CT molecular complexity index is 586. The molecule has 0 aliphatic rings. The molecule has 1 heterocycles. The van der Waals surface area contributed by atoms with Crippen LogP contribution in [0.3, 0.4) is 0 Å². The zero-order chi connectivity index (χ0) is 13.3. The van der Waals surface area contributed by atoms with E-state index in [2.05, 4.69) is 15.9 Å². The fraction of sp³-hybridized carbons (Fsp3) is 0.0909. The van der Waals surface area contributed by atoms with Crippen molar-refractivity contribution in [2.24, 2.45) is 5.73 Å². The number of halogens is 1. The predicted octanol–water partition coefficient (Wildman–Crippen LogP) is 3.17. The van der Waals surface area contributed by atoms with Gasteiger partial charge in [-0.3, -0.25) is 10.1 Å².